The number of aliphatic carboxylic acids is 2. The summed E-state index contributed by atoms with van der Waals surface area (Å²) in [7, 11) is 0. The number of aromatic amines is 1. The number of aliphatic hydroxyl groups is 1. The van der Waals surface area contributed by atoms with Crippen molar-refractivity contribution in [2.24, 2.45) is 69.2 Å². The molecule has 2 aliphatic heterocycles. The number of carboxylic acids is 2. The molecule has 2 aromatic heterocycles. The molecule has 616 valence electrons. The van der Waals surface area contributed by atoms with Crippen LogP contribution in [0.15, 0.2) is 65.9 Å². The quantitative estimate of drug-likeness (QED) is 0.0130. The van der Waals surface area contributed by atoms with Crippen LogP contribution < -0.4 is 60.6 Å². The van der Waals surface area contributed by atoms with E-state index < -0.39 is 236 Å². The molecule has 2 bridgehead atoms. The first-order chi connectivity index (χ1) is 53.7. The molecule has 0 unspecified atom stereocenters. The molecule has 37 nitrogen and oxygen atoms in total. The van der Waals surface area contributed by atoms with Gasteiger partial charge >= 0.3 is 18.0 Å². The Labute approximate surface area is 661 Å². The number of aliphatic imine (C=N–C) groups is 1. The number of para-hydroxylation sites is 1. The predicted molar refractivity (Wildman–Crippen MR) is 413 cm³/mol. The van der Waals surface area contributed by atoms with Crippen molar-refractivity contribution in [3.05, 3.63) is 77.7 Å². The largest absolute Gasteiger partial charge is 0.508 e. The smallest absolute Gasteiger partial charge is 0.312 e. The third-order valence-corrected chi connectivity index (χ3v) is 20.7. The third-order valence-electron chi connectivity index (χ3n) is 20.0. The Morgan fingerprint density at radius 2 is 1.35 bits per heavy atom. The highest BCUT2D eigenvalue weighted by molar-refractivity contribution is 7.80. The minimum Gasteiger partial charge on any atom is -0.508 e. The molecule has 6 rings (SSSR count). The Morgan fingerprint density at radius 3 is 1.97 bits per heavy atom. The fraction of sp³-hybridized carbons (Fsp3) is 0.554. The molecule has 113 heavy (non-hydrogen) atoms. The van der Waals surface area contributed by atoms with E-state index in [2.05, 4.69) is 77.4 Å². The van der Waals surface area contributed by atoms with Gasteiger partial charge in [-0.25, -0.2) is 4.79 Å². The van der Waals surface area contributed by atoms with Crippen molar-refractivity contribution in [1.29, 1.82) is 0 Å². The van der Waals surface area contributed by atoms with E-state index in [0.717, 1.165) is 11.8 Å². The summed E-state index contributed by atoms with van der Waals surface area (Å²) in [5.41, 5.74) is 29.4. The van der Waals surface area contributed by atoms with E-state index in [1.165, 1.54) is 35.1 Å². The topological polar surface area (TPSA) is 618 Å². The molecule has 0 radical (unpaired) electrons. The number of phenolic OH excluding ortho intramolecular Hbond substituents is 1. The van der Waals surface area contributed by atoms with Crippen LogP contribution in [0.4, 0.5) is 4.79 Å². The number of phenols is 1. The molecule has 39 heteroatoms. The average molecular weight is 1610 g/mol. The van der Waals surface area contributed by atoms with Crippen molar-refractivity contribution >= 4 is 136 Å². The number of carboxylic acid groups (broad SMARTS) is 2. The van der Waals surface area contributed by atoms with Gasteiger partial charge in [-0.15, -0.1) is 5.10 Å². The summed E-state index contributed by atoms with van der Waals surface area (Å²) in [6.45, 7) is 0.0859. The van der Waals surface area contributed by atoms with E-state index in [9.17, 15) is 82.8 Å². The highest BCUT2D eigenvalue weighted by atomic mass is 32.1. The van der Waals surface area contributed by atoms with Gasteiger partial charge in [0.1, 0.15) is 11.8 Å². The van der Waals surface area contributed by atoms with E-state index in [0.29, 0.717) is 22.0 Å². The van der Waals surface area contributed by atoms with Crippen molar-refractivity contribution in [3.63, 3.8) is 0 Å². The molecular formula is C74H103N17O20S2. The van der Waals surface area contributed by atoms with Crippen LogP contribution in [0, 0.1) is 35.5 Å². The molecule has 1 fully saturated rings. The van der Waals surface area contributed by atoms with Gasteiger partial charge in [-0.2, -0.15) is 25.3 Å². The Hall–Kier alpha value is -10.7. The Balaban J connectivity index is 1.48. The molecule has 0 spiro atoms. The van der Waals surface area contributed by atoms with Crippen LogP contribution in [0.25, 0.3) is 10.9 Å². The van der Waals surface area contributed by atoms with Crippen molar-refractivity contribution in [2.45, 2.75) is 184 Å². The zero-order chi connectivity index (χ0) is 83.2. The molecule has 0 aliphatic carbocycles. The normalized spacial score (nSPS) is 22.8. The number of nitrogens with two attached hydrogens (primary N) is 5. The van der Waals surface area contributed by atoms with Gasteiger partial charge in [0.25, 0.3) is 0 Å². The van der Waals surface area contributed by atoms with Crippen molar-refractivity contribution in [2.75, 3.05) is 37.7 Å². The number of ketones is 6. The summed E-state index contributed by atoms with van der Waals surface area (Å²) in [6.07, 6.45) is -6.14. The second-order valence-corrected chi connectivity index (χ2v) is 29.3. The number of hydrogen-bond acceptors (Lipinski definition) is 24. The van der Waals surface area contributed by atoms with Crippen LogP contribution in [0.3, 0.4) is 0 Å². The molecule has 2 aliphatic rings. The van der Waals surface area contributed by atoms with Crippen LogP contribution >= 0.6 is 25.3 Å². The van der Waals surface area contributed by atoms with Crippen LogP contribution in [0.2, 0.25) is 0 Å². The second-order valence-electron chi connectivity index (χ2n) is 28.6. The first-order valence-corrected chi connectivity index (χ1v) is 38.6. The maximum absolute atomic E-state index is 15.3. The maximum atomic E-state index is 15.3. The summed E-state index contributed by atoms with van der Waals surface area (Å²) < 4.78 is 1.24. The number of primary amides is 2. The Kier molecular flexibility index (Phi) is 36.4. The Bertz CT molecular complexity index is 4090. The lowest BCUT2D eigenvalue weighted by Crippen LogP contribution is -2.52. The number of carbonyl (C=O) groups is 16. The number of Topliss-reactive ketones (excluding diaryl/α,β-unsaturated/α-hetero) is 6. The molecule has 1 saturated heterocycles. The number of aliphatic hydroxyl groups excluding tert-OH is 1. The minimum absolute atomic E-state index is 0.0146. The molecule has 21 N–H and O–H groups in total. The highest BCUT2D eigenvalue weighted by Gasteiger charge is 2.43. The number of aromatic hydroxyl groups is 1. The number of thiol groups is 2. The molecular weight excluding hydrogens is 1510 g/mol. The van der Waals surface area contributed by atoms with Crippen molar-refractivity contribution < 1.29 is 97.1 Å². The molecule has 2 aromatic carbocycles. The number of benzene rings is 2. The van der Waals surface area contributed by atoms with Gasteiger partial charge in [0.15, 0.2) is 40.7 Å². The number of nitrogens with zero attached hydrogens (tertiary/aromatic N) is 5. The molecule has 4 heterocycles. The number of amides is 9. The van der Waals surface area contributed by atoms with E-state index in [1.54, 1.807) is 30.5 Å². The summed E-state index contributed by atoms with van der Waals surface area (Å²) in [6, 6.07) is 2.56. The summed E-state index contributed by atoms with van der Waals surface area (Å²) in [4.78, 5) is 233. The lowest BCUT2D eigenvalue weighted by atomic mass is 9.88. The van der Waals surface area contributed by atoms with E-state index in [-0.39, 0.29) is 126 Å². The number of aryl methyl sites for hydroxylation is 2. The van der Waals surface area contributed by atoms with Gasteiger partial charge in [0.05, 0.1) is 66.8 Å². The second kappa shape index (κ2) is 45.1. The number of guanidine groups is 1. The third kappa shape index (κ3) is 29.1. The lowest BCUT2D eigenvalue weighted by Gasteiger charge is -2.30. The van der Waals surface area contributed by atoms with Crippen molar-refractivity contribution in [3.8, 4) is 5.75 Å². The fourth-order valence-electron chi connectivity index (χ4n) is 13.8. The van der Waals surface area contributed by atoms with Gasteiger partial charge in [-0.1, -0.05) is 35.5 Å². The Morgan fingerprint density at radius 1 is 0.717 bits per heavy atom. The van der Waals surface area contributed by atoms with Gasteiger partial charge in [-0.05, 0) is 107 Å². The average Bonchev–Trinajstić information content (AvgIpc) is 1.63. The lowest BCUT2D eigenvalue weighted by molar-refractivity contribution is -0.148. The van der Waals surface area contributed by atoms with Crippen LogP contribution in [0.5, 0.6) is 5.75 Å². The first-order valence-electron chi connectivity index (χ1n) is 37.3. The summed E-state index contributed by atoms with van der Waals surface area (Å²) in [5.74, 6) is -23.9. The summed E-state index contributed by atoms with van der Waals surface area (Å²) >= 11 is 8.63. The zero-order valence-corrected chi connectivity index (χ0v) is 64.5. The molecule has 13 atom stereocenters. The van der Waals surface area contributed by atoms with E-state index in [1.807, 2.05) is 0 Å². The standard InChI is InChI=1S/C74H103N17O20S2/c1-39(92)66-62(99)31-45(33-65(102)103)71(108)91-23-6-11-56(91)61(98)30-42(7-4-21-80-73(77)78)68(105)86-55(38-113)60(97)27-41(8-5-22-81-74(79)111)67(104)85-53(26-47-35-82-51-10-3-2-9-50(47)51)58(95)28-44(15-19-63(76)100)69(106)84-52(57(94)32-46(72(109)110)25-40-12-17-49(93)18-13-40)20-24-90-36-48(88-89-90)16-14-43(70(107)87-66)29-59(96)54(37-112)83-64(101)34-75/h2-3,9-10,12-13,17-18,35-36,39,41-46,52-56,66,82,92-93,112-113H,4-8,11,14-16,19-34,37-38,75H2,1H3,(H2,76,100)(H,83,101)(H,84,106)(H,85,104)(H,86,105)(H,87,107)(H,102,103)(H,109,110)(H4,77,78,80)(H3,79,81,111)/t39-,41-,42-,43-,44-,45+,46-,52+,53+,54+,55+,56+,66+/m1/s1. The number of nitrogens with one attached hydrogen (secondary N) is 7. The molecule has 0 saturated carbocycles. The fourth-order valence-corrected chi connectivity index (χ4v) is 14.4. The highest BCUT2D eigenvalue weighted by Crippen LogP contribution is 2.30. The minimum atomic E-state index is -1.87. The summed E-state index contributed by atoms with van der Waals surface area (Å²) in [5, 5.41) is 66.3. The van der Waals surface area contributed by atoms with Gasteiger partial charge in [0, 0.05) is 136 Å². The number of H-pyrrole nitrogens is 1. The SMILES string of the molecule is C[C@@H](O)[C@@H]1NC(=O)[C@@H](CC(=O)[C@H](CS)NC(=O)CN)CCc2cn(nn2)CC[C@@H](C(=O)C[C@@H](Cc2ccc(O)cc2)C(=O)O)NC(=O)[C@H](CCC(N)=O)CC(=O)[C@H](Cc2c[nH]c3ccccc23)NC(=O)[C@H](CCCNC(N)=O)CC(=O)[C@H](CS)NC(=O)[C@H](CCCN=C(N)N)CC(=O)[C@@H]2CCCN2C(=O)[C@H](CC(=O)O)CC1=O. The number of urea groups is 1. The van der Waals surface area contributed by atoms with E-state index >= 15 is 14.4 Å². The zero-order valence-electron chi connectivity index (χ0n) is 62.7. The number of hydrogen-bond donors (Lipinski definition) is 18. The number of carbonyl (C=O) groups excluding carboxylic acids is 14. The number of aromatic nitrogens is 4. The molecule has 9 amide bonds. The van der Waals surface area contributed by atoms with Crippen LogP contribution in [0.1, 0.15) is 133 Å². The number of fused-ring (bicyclic) bond motifs is 4. The monoisotopic (exact) mass is 1610 g/mol. The predicted octanol–water partition coefficient (Wildman–Crippen LogP) is -1.32. The number of rotatable bonds is 29. The van der Waals surface area contributed by atoms with Crippen molar-refractivity contribution in [1.82, 2.24) is 56.8 Å². The van der Waals surface area contributed by atoms with Gasteiger partial charge < -0.3 is 90.9 Å². The van der Waals surface area contributed by atoms with E-state index in [4.69, 9.17) is 28.7 Å². The van der Waals surface area contributed by atoms with Gasteiger partial charge in [0.2, 0.25) is 41.4 Å². The first kappa shape index (κ1) is 91.2. The van der Waals surface area contributed by atoms with Crippen LogP contribution in [-0.2, 0) is 97.7 Å². The van der Waals surface area contributed by atoms with Gasteiger partial charge in [-0.3, -0.25) is 81.6 Å². The molecule has 4 aromatic rings. The maximum Gasteiger partial charge on any atom is 0.312 e. The van der Waals surface area contributed by atoms with Crippen LogP contribution in [-0.4, -0.2) is 225 Å².